The Morgan fingerprint density at radius 1 is 0.383 bits per heavy atom. The smallest absolute Gasteiger partial charge is 0.160 e. The van der Waals surface area contributed by atoms with Crippen LogP contribution in [-0.4, -0.2) is 9.97 Å². The molecule has 0 saturated heterocycles. The van der Waals surface area contributed by atoms with E-state index in [1.165, 1.54) is 49.4 Å². The topological polar surface area (TPSA) is 38.9 Å². The Hall–Kier alpha value is -7.62. The Morgan fingerprint density at radius 2 is 0.950 bits per heavy atom. The SMILES string of the molecule is CC1(C)c2cc3ccccc3cc2-c2c(-c3ccccc3-c3cc(-c4ccccc4-c4cccc5oc6ccc7ccccc7c6c45)nc(-c4ccccc4)n3)cccc21. The van der Waals surface area contributed by atoms with E-state index < -0.39 is 0 Å². The van der Waals surface area contributed by atoms with E-state index in [9.17, 15) is 0 Å². The van der Waals surface area contributed by atoms with Gasteiger partial charge in [-0.05, 0) is 96.4 Å². The Balaban J connectivity index is 1.09. The van der Waals surface area contributed by atoms with Crippen LogP contribution in [0.2, 0.25) is 0 Å². The minimum absolute atomic E-state index is 0.151. The van der Waals surface area contributed by atoms with E-state index in [0.717, 1.165) is 66.7 Å². The standard InChI is InChI=1S/C57H38N2O/c1-57(2)47-28-14-26-44(53(47)46-32-37-19-6-7-20-38(37)33-48(46)57)40-22-10-12-24-42(40)49-34-50(59-56(58-49)36-17-4-3-5-18-36)43-25-13-11-23-41(43)45-27-15-29-51-55(45)54-39-21-9-8-16-35(39)30-31-52(54)60-51/h3-34H,1-2H3. The maximum Gasteiger partial charge on any atom is 0.160 e. The molecule has 0 aliphatic heterocycles. The van der Waals surface area contributed by atoms with Gasteiger partial charge < -0.3 is 4.42 Å². The average Bonchev–Trinajstić information content (AvgIpc) is 3.80. The summed E-state index contributed by atoms with van der Waals surface area (Å²) in [5.41, 5.74) is 16.2. The molecule has 0 unspecified atom stereocenters. The highest BCUT2D eigenvalue weighted by Crippen LogP contribution is 2.54. The fraction of sp³-hybridized carbons (Fsp3) is 0.0526. The quantitative estimate of drug-likeness (QED) is 0.175. The van der Waals surface area contributed by atoms with Gasteiger partial charge in [-0.2, -0.15) is 0 Å². The summed E-state index contributed by atoms with van der Waals surface area (Å²) in [5.74, 6) is 0.682. The first-order chi connectivity index (χ1) is 29.5. The summed E-state index contributed by atoms with van der Waals surface area (Å²) in [6.07, 6.45) is 0. The van der Waals surface area contributed by atoms with E-state index in [0.29, 0.717) is 5.82 Å². The normalized spacial score (nSPS) is 13.0. The van der Waals surface area contributed by atoms with Crippen molar-refractivity contribution in [2.45, 2.75) is 19.3 Å². The van der Waals surface area contributed by atoms with Crippen LogP contribution >= 0.6 is 0 Å². The summed E-state index contributed by atoms with van der Waals surface area (Å²) in [5, 5.41) is 7.12. The van der Waals surface area contributed by atoms with Gasteiger partial charge in [0.15, 0.2) is 5.82 Å². The van der Waals surface area contributed by atoms with Gasteiger partial charge in [-0.1, -0.05) is 178 Å². The molecule has 0 spiro atoms. The third kappa shape index (κ3) is 5.22. The highest BCUT2D eigenvalue weighted by atomic mass is 16.3. The second-order valence-electron chi connectivity index (χ2n) is 16.5. The summed E-state index contributed by atoms with van der Waals surface area (Å²) in [6, 6.07) is 69.4. The first kappa shape index (κ1) is 34.4. The molecule has 0 amide bonds. The number of nitrogens with zero attached hydrogens (tertiary/aromatic N) is 2. The molecule has 0 N–H and O–H groups in total. The van der Waals surface area contributed by atoms with Crippen molar-refractivity contribution < 1.29 is 4.42 Å². The molecule has 9 aromatic carbocycles. The van der Waals surface area contributed by atoms with Crippen LogP contribution in [0.4, 0.5) is 0 Å². The zero-order chi connectivity index (χ0) is 40.0. The van der Waals surface area contributed by atoms with Crippen molar-refractivity contribution in [3.63, 3.8) is 0 Å². The van der Waals surface area contributed by atoms with Crippen LogP contribution in [0.15, 0.2) is 199 Å². The minimum atomic E-state index is -0.151. The van der Waals surface area contributed by atoms with E-state index in [2.05, 4.69) is 202 Å². The molecule has 60 heavy (non-hydrogen) atoms. The molecule has 2 aromatic heterocycles. The molecule has 12 rings (SSSR count). The van der Waals surface area contributed by atoms with Crippen molar-refractivity contribution in [2.75, 3.05) is 0 Å². The first-order valence-electron chi connectivity index (χ1n) is 20.7. The lowest BCUT2D eigenvalue weighted by molar-refractivity contribution is 0.661. The maximum atomic E-state index is 6.54. The van der Waals surface area contributed by atoms with E-state index in [1.54, 1.807) is 0 Å². The van der Waals surface area contributed by atoms with Gasteiger partial charge in [0, 0.05) is 32.9 Å². The largest absolute Gasteiger partial charge is 0.456 e. The monoisotopic (exact) mass is 766 g/mol. The molecule has 2 heterocycles. The van der Waals surface area contributed by atoms with Crippen molar-refractivity contribution in [3.05, 3.63) is 205 Å². The predicted octanol–water partition coefficient (Wildman–Crippen LogP) is 15.3. The number of rotatable bonds is 5. The molecule has 0 saturated carbocycles. The summed E-state index contributed by atoms with van der Waals surface area (Å²) < 4.78 is 6.54. The highest BCUT2D eigenvalue weighted by Gasteiger charge is 2.37. The molecule has 0 fully saturated rings. The van der Waals surface area contributed by atoms with Crippen molar-refractivity contribution in [3.8, 4) is 67.3 Å². The first-order valence-corrected chi connectivity index (χ1v) is 20.7. The second-order valence-corrected chi connectivity index (χ2v) is 16.5. The lowest BCUT2D eigenvalue weighted by Crippen LogP contribution is -2.14. The number of hydrogen-bond donors (Lipinski definition) is 0. The van der Waals surface area contributed by atoms with Crippen molar-refractivity contribution in [1.82, 2.24) is 9.97 Å². The van der Waals surface area contributed by atoms with Gasteiger partial charge in [0.25, 0.3) is 0 Å². The summed E-state index contributed by atoms with van der Waals surface area (Å²) in [7, 11) is 0. The van der Waals surface area contributed by atoms with Crippen LogP contribution in [-0.2, 0) is 5.41 Å². The van der Waals surface area contributed by atoms with E-state index in [4.69, 9.17) is 14.4 Å². The average molecular weight is 767 g/mol. The van der Waals surface area contributed by atoms with Gasteiger partial charge in [0.1, 0.15) is 11.2 Å². The van der Waals surface area contributed by atoms with Gasteiger partial charge in [-0.25, -0.2) is 9.97 Å². The Labute approximate surface area is 348 Å². The molecule has 0 radical (unpaired) electrons. The molecule has 3 heteroatoms. The van der Waals surface area contributed by atoms with Crippen LogP contribution in [0.5, 0.6) is 0 Å². The molecule has 3 nitrogen and oxygen atoms in total. The number of furan rings is 1. The summed E-state index contributed by atoms with van der Waals surface area (Å²) in [4.78, 5) is 10.8. The predicted molar refractivity (Wildman–Crippen MR) is 249 cm³/mol. The summed E-state index contributed by atoms with van der Waals surface area (Å²) >= 11 is 0. The van der Waals surface area contributed by atoms with Crippen LogP contribution in [0.25, 0.3) is 111 Å². The fourth-order valence-corrected chi connectivity index (χ4v) is 9.83. The van der Waals surface area contributed by atoms with Crippen molar-refractivity contribution in [1.29, 1.82) is 0 Å². The van der Waals surface area contributed by atoms with Crippen LogP contribution in [0, 0.1) is 0 Å². The van der Waals surface area contributed by atoms with Crippen LogP contribution in [0.1, 0.15) is 25.0 Å². The van der Waals surface area contributed by atoms with E-state index in [1.807, 2.05) is 6.07 Å². The zero-order valence-corrected chi connectivity index (χ0v) is 33.3. The molecule has 11 aromatic rings. The molecule has 0 bridgehead atoms. The summed E-state index contributed by atoms with van der Waals surface area (Å²) in [6.45, 7) is 4.72. The van der Waals surface area contributed by atoms with Gasteiger partial charge in [-0.15, -0.1) is 0 Å². The molecule has 282 valence electrons. The lowest BCUT2D eigenvalue weighted by Gasteiger charge is -2.22. The Kier molecular flexibility index (Phi) is 7.58. The molecule has 0 atom stereocenters. The maximum absolute atomic E-state index is 6.54. The van der Waals surface area contributed by atoms with E-state index >= 15 is 0 Å². The van der Waals surface area contributed by atoms with Gasteiger partial charge in [0.05, 0.1) is 11.4 Å². The number of fused-ring (bicyclic) bond motifs is 9. The molecular weight excluding hydrogens is 729 g/mol. The zero-order valence-electron chi connectivity index (χ0n) is 33.3. The lowest BCUT2D eigenvalue weighted by atomic mass is 9.81. The van der Waals surface area contributed by atoms with Gasteiger partial charge >= 0.3 is 0 Å². The Morgan fingerprint density at radius 3 is 1.70 bits per heavy atom. The van der Waals surface area contributed by atoms with Crippen LogP contribution in [0.3, 0.4) is 0 Å². The number of hydrogen-bond acceptors (Lipinski definition) is 3. The highest BCUT2D eigenvalue weighted by molar-refractivity contribution is 6.23. The minimum Gasteiger partial charge on any atom is -0.456 e. The van der Waals surface area contributed by atoms with Gasteiger partial charge in [0.2, 0.25) is 0 Å². The van der Waals surface area contributed by atoms with Crippen molar-refractivity contribution in [2.24, 2.45) is 0 Å². The van der Waals surface area contributed by atoms with E-state index in [-0.39, 0.29) is 5.41 Å². The third-order valence-corrected chi connectivity index (χ3v) is 12.7. The van der Waals surface area contributed by atoms with Gasteiger partial charge in [-0.3, -0.25) is 0 Å². The molecule has 1 aliphatic carbocycles. The molecule has 1 aliphatic rings. The number of aromatic nitrogens is 2. The fourth-order valence-electron chi connectivity index (χ4n) is 9.83. The molecular formula is C57H38N2O. The number of benzene rings is 9. The second kappa shape index (κ2) is 13.2. The Bertz CT molecular complexity index is 3520. The third-order valence-electron chi connectivity index (χ3n) is 12.7. The van der Waals surface area contributed by atoms with Crippen molar-refractivity contribution >= 4 is 43.5 Å². The van der Waals surface area contributed by atoms with Crippen LogP contribution < -0.4 is 0 Å².